The normalized spacial score (nSPS) is 20.3. The summed E-state index contributed by atoms with van der Waals surface area (Å²) < 4.78 is 0. The zero-order valence-corrected chi connectivity index (χ0v) is 9.47. The number of aromatic hydroxyl groups is 2. The molecule has 1 saturated heterocycles. The van der Waals surface area contributed by atoms with E-state index in [1.807, 2.05) is 0 Å². The maximum Gasteiger partial charge on any atom is 0.254 e. The third kappa shape index (κ3) is 2.50. The summed E-state index contributed by atoms with van der Waals surface area (Å²) in [6.07, 6.45) is 1.83. The summed E-state index contributed by atoms with van der Waals surface area (Å²) >= 11 is 0. The Kier molecular flexibility index (Phi) is 3.19. The van der Waals surface area contributed by atoms with E-state index in [1.54, 1.807) is 4.90 Å². The highest BCUT2D eigenvalue weighted by atomic mass is 16.3. The van der Waals surface area contributed by atoms with Crippen LogP contribution in [0.1, 0.15) is 23.2 Å². The van der Waals surface area contributed by atoms with Gasteiger partial charge in [-0.2, -0.15) is 0 Å². The Balaban J connectivity index is 2.15. The minimum Gasteiger partial charge on any atom is -0.504 e. The molecule has 0 spiro atoms. The molecule has 1 aromatic rings. The Morgan fingerprint density at radius 1 is 1.35 bits per heavy atom. The van der Waals surface area contributed by atoms with Gasteiger partial charge in [-0.05, 0) is 31.0 Å². The summed E-state index contributed by atoms with van der Waals surface area (Å²) in [6, 6.07) is 4.11. The Labute approximate surface area is 99.5 Å². The van der Waals surface area contributed by atoms with E-state index in [-0.39, 0.29) is 23.4 Å². The fourth-order valence-electron chi connectivity index (χ4n) is 2.03. The number of phenols is 2. The van der Waals surface area contributed by atoms with Crippen LogP contribution in [-0.2, 0) is 0 Å². The van der Waals surface area contributed by atoms with E-state index in [0.717, 1.165) is 12.8 Å². The molecule has 1 aromatic carbocycles. The van der Waals surface area contributed by atoms with Crippen LogP contribution in [0.15, 0.2) is 18.2 Å². The van der Waals surface area contributed by atoms with Gasteiger partial charge in [0.25, 0.3) is 5.91 Å². The Morgan fingerprint density at radius 3 is 2.76 bits per heavy atom. The number of nitrogens with two attached hydrogens (primary N) is 1. The summed E-state index contributed by atoms with van der Waals surface area (Å²) in [6.45, 7) is 1.23. The fourth-order valence-corrected chi connectivity index (χ4v) is 2.03. The number of likely N-dealkylation sites (tertiary alicyclic amines) is 1. The first-order valence-electron chi connectivity index (χ1n) is 5.65. The average molecular weight is 236 g/mol. The van der Waals surface area contributed by atoms with Crippen molar-refractivity contribution in [3.8, 4) is 11.5 Å². The lowest BCUT2D eigenvalue weighted by Gasteiger charge is -2.30. The topological polar surface area (TPSA) is 86.8 Å². The van der Waals surface area contributed by atoms with Gasteiger partial charge in [0.2, 0.25) is 0 Å². The lowest BCUT2D eigenvalue weighted by Crippen LogP contribution is -2.45. The molecular formula is C12H16N2O3. The number of rotatable bonds is 1. The van der Waals surface area contributed by atoms with Crippen molar-refractivity contribution in [1.29, 1.82) is 0 Å². The number of amides is 1. The van der Waals surface area contributed by atoms with Gasteiger partial charge in [-0.3, -0.25) is 4.79 Å². The van der Waals surface area contributed by atoms with Crippen molar-refractivity contribution in [2.75, 3.05) is 13.1 Å². The lowest BCUT2D eigenvalue weighted by molar-refractivity contribution is 0.0708. The van der Waals surface area contributed by atoms with E-state index in [1.165, 1.54) is 18.2 Å². The van der Waals surface area contributed by atoms with Gasteiger partial charge in [0.1, 0.15) is 0 Å². The van der Waals surface area contributed by atoms with Gasteiger partial charge in [-0.1, -0.05) is 0 Å². The molecular weight excluding hydrogens is 220 g/mol. The molecule has 1 aliphatic rings. The van der Waals surface area contributed by atoms with Gasteiger partial charge in [0, 0.05) is 24.7 Å². The average Bonchev–Trinajstić information content (AvgIpc) is 2.32. The maximum atomic E-state index is 12.1. The third-order valence-corrected chi connectivity index (χ3v) is 2.97. The molecule has 0 aliphatic carbocycles. The summed E-state index contributed by atoms with van der Waals surface area (Å²) in [5.74, 6) is -0.662. The maximum absolute atomic E-state index is 12.1. The van der Waals surface area contributed by atoms with Crippen molar-refractivity contribution in [2.45, 2.75) is 18.9 Å². The highest BCUT2D eigenvalue weighted by Gasteiger charge is 2.22. The molecule has 0 radical (unpaired) electrons. The molecule has 92 valence electrons. The molecule has 1 aliphatic heterocycles. The van der Waals surface area contributed by atoms with Crippen molar-refractivity contribution in [1.82, 2.24) is 4.90 Å². The van der Waals surface area contributed by atoms with Crippen LogP contribution in [-0.4, -0.2) is 40.2 Å². The number of nitrogens with zero attached hydrogens (tertiary/aromatic N) is 1. The second-order valence-corrected chi connectivity index (χ2v) is 4.36. The number of carbonyl (C=O) groups is 1. The molecule has 1 amide bonds. The minimum atomic E-state index is -0.280. The van der Waals surface area contributed by atoms with Crippen molar-refractivity contribution in [3.05, 3.63) is 23.8 Å². The predicted molar refractivity (Wildman–Crippen MR) is 62.9 cm³/mol. The number of carbonyl (C=O) groups excluding carboxylic acids is 1. The van der Waals surface area contributed by atoms with Gasteiger partial charge >= 0.3 is 0 Å². The van der Waals surface area contributed by atoms with Crippen LogP contribution in [0.25, 0.3) is 0 Å². The van der Waals surface area contributed by atoms with Gasteiger partial charge in [0.15, 0.2) is 11.5 Å². The van der Waals surface area contributed by atoms with Crippen LogP contribution < -0.4 is 5.73 Å². The zero-order chi connectivity index (χ0) is 12.4. The number of hydrogen-bond donors (Lipinski definition) is 3. The summed E-state index contributed by atoms with van der Waals surface area (Å²) in [5.41, 5.74) is 6.18. The Bertz CT molecular complexity index is 434. The van der Waals surface area contributed by atoms with E-state index >= 15 is 0 Å². The smallest absolute Gasteiger partial charge is 0.254 e. The molecule has 0 saturated carbocycles. The van der Waals surface area contributed by atoms with Crippen LogP contribution >= 0.6 is 0 Å². The highest BCUT2D eigenvalue weighted by Crippen LogP contribution is 2.25. The van der Waals surface area contributed by atoms with E-state index in [9.17, 15) is 15.0 Å². The number of benzene rings is 1. The van der Waals surface area contributed by atoms with Crippen molar-refractivity contribution in [2.24, 2.45) is 5.73 Å². The summed E-state index contributed by atoms with van der Waals surface area (Å²) in [5, 5.41) is 18.5. The van der Waals surface area contributed by atoms with Gasteiger partial charge in [0.05, 0.1) is 0 Å². The monoisotopic (exact) mass is 236 g/mol. The molecule has 5 heteroatoms. The van der Waals surface area contributed by atoms with Crippen LogP contribution in [0.2, 0.25) is 0 Å². The molecule has 0 bridgehead atoms. The van der Waals surface area contributed by atoms with Gasteiger partial charge in [-0.15, -0.1) is 0 Å². The van der Waals surface area contributed by atoms with Crippen molar-refractivity contribution < 1.29 is 15.0 Å². The first-order valence-corrected chi connectivity index (χ1v) is 5.65. The van der Waals surface area contributed by atoms with Gasteiger partial charge in [-0.25, -0.2) is 0 Å². The van der Waals surface area contributed by atoms with E-state index in [2.05, 4.69) is 0 Å². The van der Waals surface area contributed by atoms with Gasteiger partial charge < -0.3 is 20.8 Å². The summed E-state index contributed by atoms with van der Waals surface area (Å²) in [7, 11) is 0. The zero-order valence-electron chi connectivity index (χ0n) is 9.47. The quantitative estimate of drug-likeness (QED) is 0.625. The summed E-state index contributed by atoms with van der Waals surface area (Å²) in [4.78, 5) is 13.8. The second-order valence-electron chi connectivity index (χ2n) is 4.36. The largest absolute Gasteiger partial charge is 0.504 e. The fraction of sp³-hybridized carbons (Fsp3) is 0.417. The van der Waals surface area contributed by atoms with E-state index in [0.29, 0.717) is 18.7 Å². The molecule has 4 N–H and O–H groups in total. The van der Waals surface area contributed by atoms with E-state index < -0.39 is 0 Å². The molecule has 1 unspecified atom stereocenters. The van der Waals surface area contributed by atoms with Crippen molar-refractivity contribution in [3.63, 3.8) is 0 Å². The first kappa shape index (κ1) is 11.7. The molecule has 0 aromatic heterocycles. The van der Waals surface area contributed by atoms with Crippen LogP contribution in [0.3, 0.4) is 0 Å². The molecule has 1 heterocycles. The molecule has 1 atom stereocenters. The standard InChI is InChI=1S/C12H16N2O3/c13-9-2-1-5-14(7-9)12(17)8-3-4-10(15)11(16)6-8/h3-4,6,9,15-16H,1-2,5,7,13H2. The minimum absolute atomic E-state index is 0.0263. The lowest BCUT2D eigenvalue weighted by atomic mass is 10.1. The number of phenolic OH excluding ortho intramolecular Hbond substituents is 2. The predicted octanol–water partition coefficient (Wildman–Crippen LogP) is 0.661. The molecule has 1 fully saturated rings. The Hall–Kier alpha value is -1.75. The van der Waals surface area contributed by atoms with Crippen molar-refractivity contribution >= 4 is 5.91 Å². The second kappa shape index (κ2) is 4.63. The molecule has 2 rings (SSSR count). The van der Waals surface area contributed by atoms with Crippen LogP contribution in [0, 0.1) is 0 Å². The highest BCUT2D eigenvalue weighted by molar-refractivity contribution is 5.95. The van der Waals surface area contributed by atoms with E-state index in [4.69, 9.17) is 5.73 Å². The molecule has 5 nitrogen and oxygen atoms in total. The number of piperidine rings is 1. The number of hydrogen-bond acceptors (Lipinski definition) is 4. The third-order valence-electron chi connectivity index (χ3n) is 2.97. The van der Waals surface area contributed by atoms with Crippen LogP contribution in [0.4, 0.5) is 0 Å². The SMILES string of the molecule is NC1CCCN(C(=O)c2ccc(O)c(O)c2)C1. The Morgan fingerprint density at radius 2 is 2.12 bits per heavy atom. The molecule has 17 heavy (non-hydrogen) atoms. The first-order chi connectivity index (χ1) is 8.08. The van der Waals surface area contributed by atoms with Crippen LogP contribution in [0.5, 0.6) is 11.5 Å².